The van der Waals surface area contributed by atoms with Crippen LogP contribution in [0, 0.1) is 0 Å². The molecule has 0 saturated carbocycles. The number of hydrogen-bond acceptors (Lipinski definition) is 8. The van der Waals surface area contributed by atoms with Crippen molar-refractivity contribution in [2.75, 3.05) is 28.3 Å². The zero-order valence-corrected chi connectivity index (χ0v) is 17.7. The third kappa shape index (κ3) is 8.46. The normalized spacial score (nSPS) is 9.93. The van der Waals surface area contributed by atoms with Gasteiger partial charge in [-0.05, 0) is 35.4 Å². The van der Waals surface area contributed by atoms with E-state index in [1.54, 1.807) is 38.4 Å². The van der Waals surface area contributed by atoms with E-state index in [1.165, 1.54) is 38.8 Å². The fourth-order valence-corrected chi connectivity index (χ4v) is 1.76. The molecular formula is C18H22N4O4Pt. The Balaban J connectivity index is 0.000000483. The molecule has 0 unspecified atom stereocenters. The van der Waals surface area contributed by atoms with Gasteiger partial charge >= 0.3 is 21.1 Å². The van der Waals surface area contributed by atoms with Gasteiger partial charge in [-0.1, -0.05) is 23.6 Å². The van der Waals surface area contributed by atoms with Gasteiger partial charge in [0.25, 0.3) is 0 Å². The first kappa shape index (κ1) is 24.3. The van der Waals surface area contributed by atoms with Crippen molar-refractivity contribution in [1.82, 2.24) is 10.9 Å². The van der Waals surface area contributed by atoms with E-state index < -0.39 is 0 Å². The molecule has 0 heterocycles. The van der Waals surface area contributed by atoms with Crippen molar-refractivity contribution in [2.24, 2.45) is 10.2 Å². The minimum absolute atomic E-state index is 0. The summed E-state index contributed by atoms with van der Waals surface area (Å²) in [6.45, 7) is 0. The third-order valence-electron chi connectivity index (χ3n) is 3.11. The average molecular weight is 553 g/mol. The molecule has 0 aliphatic rings. The van der Waals surface area contributed by atoms with Gasteiger partial charge in [0.15, 0.2) is 0 Å². The third-order valence-corrected chi connectivity index (χ3v) is 3.11. The largest absolute Gasteiger partial charge is 2.00 e. The predicted octanol–water partition coefficient (Wildman–Crippen LogP) is 0.642. The van der Waals surface area contributed by atoms with E-state index in [2.05, 4.69) is 21.1 Å². The van der Waals surface area contributed by atoms with Crippen molar-refractivity contribution in [3.05, 3.63) is 47.5 Å². The molecule has 0 aliphatic heterocycles. The Morgan fingerprint density at radius 1 is 0.778 bits per heavy atom. The van der Waals surface area contributed by atoms with Crippen molar-refractivity contribution in [3.8, 4) is 23.0 Å². The summed E-state index contributed by atoms with van der Waals surface area (Å²) >= 11 is 0. The molecule has 27 heavy (non-hydrogen) atoms. The monoisotopic (exact) mass is 553 g/mol. The molecule has 0 spiro atoms. The van der Waals surface area contributed by atoms with Crippen LogP contribution < -0.4 is 30.5 Å². The first-order valence-electron chi connectivity index (χ1n) is 7.65. The Kier molecular flexibility index (Phi) is 12.1. The van der Waals surface area contributed by atoms with Crippen LogP contribution in [0.15, 0.2) is 46.6 Å². The summed E-state index contributed by atoms with van der Waals surface area (Å²) in [5.41, 5.74) is 6.22. The molecule has 2 N–H and O–H groups in total. The van der Waals surface area contributed by atoms with Gasteiger partial charge in [0.2, 0.25) is 0 Å². The standard InChI is InChI=1S/2C9H12N2O2.Pt/c2*1-10-11-6-7-3-4-8(13-2)5-9(7)12;/h2*3-6,10,12H,1-2H3;/q;;+2/p-2/b2*11-6+;. The Hall–Kier alpha value is -2.73. The maximum atomic E-state index is 11.3. The maximum Gasteiger partial charge on any atom is 2.00 e. The number of hydrazone groups is 2. The molecule has 0 aromatic heterocycles. The van der Waals surface area contributed by atoms with Gasteiger partial charge in [-0.25, -0.2) is 0 Å². The quantitative estimate of drug-likeness (QED) is 0.401. The van der Waals surface area contributed by atoms with Crippen LogP contribution in [0.25, 0.3) is 0 Å². The van der Waals surface area contributed by atoms with Crippen LogP contribution in [-0.4, -0.2) is 40.7 Å². The summed E-state index contributed by atoms with van der Waals surface area (Å²) < 4.78 is 9.79. The number of nitrogens with zero attached hydrogens (tertiary/aromatic N) is 2. The molecule has 0 amide bonds. The predicted molar refractivity (Wildman–Crippen MR) is 98.2 cm³/mol. The van der Waals surface area contributed by atoms with Gasteiger partial charge in [0.05, 0.1) is 26.6 Å². The molecule has 0 bridgehead atoms. The molecule has 0 aliphatic carbocycles. The zero-order chi connectivity index (χ0) is 19.4. The van der Waals surface area contributed by atoms with Crippen molar-refractivity contribution >= 4 is 12.4 Å². The van der Waals surface area contributed by atoms with Crippen LogP contribution in [0.4, 0.5) is 0 Å². The fourth-order valence-electron chi connectivity index (χ4n) is 1.76. The van der Waals surface area contributed by atoms with Crippen LogP contribution in [0.3, 0.4) is 0 Å². The summed E-state index contributed by atoms with van der Waals surface area (Å²) in [7, 11) is 6.39. The minimum atomic E-state index is -0.0987. The van der Waals surface area contributed by atoms with Gasteiger partial charge in [-0.2, -0.15) is 10.2 Å². The number of hydrogen-bond donors (Lipinski definition) is 2. The van der Waals surface area contributed by atoms with Crippen molar-refractivity contribution in [3.63, 3.8) is 0 Å². The SMILES string of the molecule is CN/N=C/c1ccc(OC)cc1[O-].CN/N=C/c1ccc(OC)cc1[O-].[Pt+2]. The molecule has 9 heteroatoms. The molecule has 0 saturated heterocycles. The van der Waals surface area contributed by atoms with Crippen LogP contribution in [-0.2, 0) is 21.1 Å². The summed E-state index contributed by atoms with van der Waals surface area (Å²) in [6.07, 6.45) is 2.95. The second-order valence-corrected chi connectivity index (χ2v) is 4.77. The minimum Gasteiger partial charge on any atom is -0.872 e. The van der Waals surface area contributed by atoms with E-state index >= 15 is 0 Å². The van der Waals surface area contributed by atoms with Crippen LogP contribution in [0.2, 0.25) is 0 Å². The molecule has 0 atom stereocenters. The number of benzene rings is 2. The molecule has 148 valence electrons. The molecule has 2 aromatic carbocycles. The Morgan fingerprint density at radius 3 is 1.41 bits per heavy atom. The van der Waals surface area contributed by atoms with E-state index in [1.807, 2.05) is 0 Å². The number of nitrogens with one attached hydrogen (secondary N) is 2. The molecule has 0 radical (unpaired) electrons. The number of methoxy groups -OCH3 is 2. The van der Waals surface area contributed by atoms with E-state index in [0.717, 1.165) is 0 Å². The van der Waals surface area contributed by atoms with Crippen molar-refractivity contribution < 1.29 is 40.8 Å². The second-order valence-electron chi connectivity index (χ2n) is 4.77. The van der Waals surface area contributed by atoms with Gasteiger partial charge in [0.1, 0.15) is 11.5 Å². The maximum absolute atomic E-state index is 11.3. The Morgan fingerprint density at radius 2 is 1.15 bits per heavy atom. The Labute approximate surface area is 173 Å². The summed E-state index contributed by atoms with van der Waals surface area (Å²) in [4.78, 5) is 0. The molecule has 0 fully saturated rings. The Bertz CT molecular complexity index is 691. The van der Waals surface area contributed by atoms with Crippen LogP contribution in [0.1, 0.15) is 11.1 Å². The van der Waals surface area contributed by atoms with E-state index in [0.29, 0.717) is 22.6 Å². The molecule has 2 aromatic rings. The molecule has 2 rings (SSSR count). The topological polar surface area (TPSA) is 113 Å². The summed E-state index contributed by atoms with van der Waals surface area (Å²) in [6, 6.07) is 9.63. The van der Waals surface area contributed by atoms with Gasteiger partial charge in [-0.3, -0.25) is 0 Å². The van der Waals surface area contributed by atoms with Gasteiger partial charge in [0, 0.05) is 14.1 Å². The van der Waals surface area contributed by atoms with Crippen LogP contribution in [0.5, 0.6) is 23.0 Å². The van der Waals surface area contributed by atoms with Gasteiger partial charge in [-0.15, -0.1) is 0 Å². The summed E-state index contributed by atoms with van der Waals surface area (Å²) in [5.74, 6) is 0.926. The number of rotatable bonds is 6. The smallest absolute Gasteiger partial charge is 0.872 e. The summed E-state index contributed by atoms with van der Waals surface area (Å²) in [5, 5.41) is 30.1. The second kappa shape index (κ2) is 13.5. The molecular weight excluding hydrogens is 531 g/mol. The van der Waals surface area contributed by atoms with Crippen molar-refractivity contribution in [2.45, 2.75) is 0 Å². The van der Waals surface area contributed by atoms with E-state index in [9.17, 15) is 10.2 Å². The fraction of sp³-hybridized carbons (Fsp3) is 0.222. The molecule has 8 nitrogen and oxygen atoms in total. The van der Waals surface area contributed by atoms with Crippen molar-refractivity contribution in [1.29, 1.82) is 0 Å². The van der Waals surface area contributed by atoms with Crippen LogP contribution >= 0.6 is 0 Å². The van der Waals surface area contributed by atoms with Gasteiger partial charge < -0.3 is 30.5 Å². The number of ether oxygens (including phenoxy) is 2. The first-order valence-corrected chi connectivity index (χ1v) is 7.65. The zero-order valence-electron chi connectivity index (χ0n) is 15.5. The van der Waals surface area contributed by atoms with E-state index in [4.69, 9.17) is 9.47 Å². The first-order chi connectivity index (χ1) is 12.5. The average Bonchev–Trinajstić information content (AvgIpc) is 2.66. The van der Waals surface area contributed by atoms with E-state index in [-0.39, 0.29) is 32.6 Å².